The number of carbonyl (C=O) groups excluding carboxylic acids is 2. The highest BCUT2D eigenvalue weighted by molar-refractivity contribution is 5.81. The van der Waals surface area contributed by atoms with Crippen molar-refractivity contribution in [2.75, 3.05) is 26.4 Å². The number of hydrogen-bond acceptors (Lipinski definition) is 6. The topological polar surface area (TPSA) is 71.1 Å². The van der Waals surface area contributed by atoms with Crippen LogP contribution in [-0.4, -0.2) is 38.4 Å². The van der Waals surface area contributed by atoms with E-state index in [0.717, 1.165) is 45.9 Å². The van der Waals surface area contributed by atoms with Crippen molar-refractivity contribution in [2.45, 2.75) is 46.0 Å². The number of rotatable bonds is 14. The summed E-state index contributed by atoms with van der Waals surface area (Å²) in [5.74, 6) is 0.696. The average Bonchev–Trinajstić information content (AvgIpc) is 2.83. The van der Waals surface area contributed by atoms with Crippen molar-refractivity contribution in [1.82, 2.24) is 0 Å². The summed E-state index contributed by atoms with van der Waals surface area (Å²) in [5, 5.41) is 0. The number of esters is 2. The van der Waals surface area contributed by atoms with E-state index in [4.69, 9.17) is 18.9 Å². The van der Waals surface area contributed by atoms with E-state index in [-0.39, 0.29) is 13.2 Å². The summed E-state index contributed by atoms with van der Waals surface area (Å²) in [6.07, 6.45) is 3.44. The molecule has 35 heavy (non-hydrogen) atoms. The molecule has 0 atom stereocenters. The van der Waals surface area contributed by atoms with Gasteiger partial charge in [0.05, 0.1) is 26.4 Å². The van der Waals surface area contributed by atoms with Gasteiger partial charge in [0, 0.05) is 41.5 Å². The van der Waals surface area contributed by atoms with Gasteiger partial charge < -0.3 is 18.9 Å². The third-order valence-corrected chi connectivity index (χ3v) is 5.54. The van der Waals surface area contributed by atoms with E-state index in [9.17, 15) is 9.59 Å². The van der Waals surface area contributed by atoms with E-state index in [1.807, 2.05) is 26.0 Å². The molecule has 0 saturated carbocycles. The SMILES string of the molecule is C=CC(=O)OCCCOc1cc(C)ccc1C(C)(C)c1ccc(C)cc1OCCCOC(=O)C=C. The van der Waals surface area contributed by atoms with Gasteiger partial charge in [-0.05, 0) is 37.1 Å². The molecule has 0 aliphatic carbocycles. The summed E-state index contributed by atoms with van der Waals surface area (Å²) in [7, 11) is 0. The van der Waals surface area contributed by atoms with Crippen LogP contribution in [0.25, 0.3) is 0 Å². The van der Waals surface area contributed by atoms with E-state index in [1.165, 1.54) is 0 Å². The number of aryl methyl sites for hydroxylation is 2. The maximum atomic E-state index is 11.2. The zero-order chi connectivity index (χ0) is 25.8. The van der Waals surface area contributed by atoms with Crippen LogP contribution >= 0.6 is 0 Å². The van der Waals surface area contributed by atoms with E-state index < -0.39 is 17.4 Å². The smallest absolute Gasteiger partial charge is 0.330 e. The zero-order valence-electron chi connectivity index (χ0n) is 21.2. The first kappa shape index (κ1) is 27.7. The Balaban J connectivity index is 2.18. The molecule has 6 heteroatoms. The Morgan fingerprint density at radius 2 is 1.14 bits per heavy atom. The third kappa shape index (κ3) is 8.32. The Morgan fingerprint density at radius 3 is 1.51 bits per heavy atom. The lowest BCUT2D eigenvalue weighted by Crippen LogP contribution is -2.22. The van der Waals surface area contributed by atoms with Gasteiger partial charge in [0.15, 0.2) is 0 Å². The minimum atomic E-state index is -0.437. The van der Waals surface area contributed by atoms with Gasteiger partial charge in [-0.1, -0.05) is 51.3 Å². The molecule has 0 aliphatic heterocycles. The van der Waals surface area contributed by atoms with Crippen LogP contribution in [0.1, 0.15) is 48.9 Å². The van der Waals surface area contributed by atoms with Crippen LogP contribution in [0.2, 0.25) is 0 Å². The minimum Gasteiger partial charge on any atom is -0.493 e. The first-order valence-corrected chi connectivity index (χ1v) is 11.7. The first-order chi connectivity index (χ1) is 16.7. The summed E-state index contributed by atoms with van der Waals surface area (Å²) in [5.41, 5.74) is 3.82. The second kappa shape index (κ2) is 13.4. The van der Waals surface area contributed by atoms with E-state index in [0.29, 0.717) is 26.1 Å². The molecule has 0 amide bonds. The zero-order valence-corrected chi connectivity index (χ0v) is 21.2. The van der Waals surface area contributed by atoms with Gasteiger partial charge >= 0.3 is 11.9 Å². The maximum Gasteiger partial charge on any atom is 0.330 e. The van der Waals surface area contributed by atoms with Gasteiger partial charge in [0.1, 0.15) is 11.5 Å². The molecule has 2 rings (SSSR count). The van der Waals surface area contributed by atoms with Crippen molar-refractivity contribution >= 4 is 11.9 Å². The standard InChI is InChI=1S/C29H36O6/c1-7-27(30)34-17-9-15-32-25-19-21(3)11-13-23(25)29(5,6)24-14-12-22(4)20-26(24)33-16-10-18-35-28(31)8-2/h7-8,11-14,19-20H,1-2,9-10,15-18H2,3-6H3. The molecule has 0 fully saturated rings. The molecule has 2 aromatic carbocycles. The fourth-order valence-electron chi connectivity index (χ4n) is 3.62. The highest BCUT2D eigenvalue weighted by Gasteiger charge is 2.30. The molecule has 0 N–H and O–H groups in total. The maximum absolute atomic E-state index is 11.2. The molecular weight excluding hydrogens is 444 g/mol. The van der Waals surface area contributed by atoms with Crippen molar-refractivity contribution in [3.05, 3.63) is 84.0 Å². The third-order valence-electron chi connectivity index (χ3n) is 5.54. The van der Waals surface area contributed by atoms with Gasteiger partial charge in [-0.25, -0.2) is 9.59 Å². The van der Waals surface area contributed by atoms with Crippen molar-refractivity contribution in [3.63, 3.8) is 0 Å². The molecule has 0 spiro atoms. The van der Waals surface area contributed by atoms with Crippen molar-refractivity contribution in [3.8, 4) is 11.5 Å². The van der Waals surface area contributed by atoms with Crippen LogP contribution in [0.4, 0.5) is 0 Å². The average molecular weight is 481 g/mol. The molecular formula is C29H36O6. The summed E-state index contributed by atoms with van der Waals surface area (Å²) < 4.78 is 22.3. The molecule has 0 unspecified atom stereocenters. The Morgan fingerprint density at radius 1 is 0.743 bits per heavy atom. The highest BCUT2D eigenvalue weighted by atomic mass is 16.5. The summed E-state index contributed by atoms with van der Waals surface area (Å²) >= 11 is 0. The Labute approximate surface area is 208 Å². The van der Waals surface area contributed by atoms with Crippen molar-refractivity contribution in [2.24, 2.45) is 0 Å². The molecule has 188 valence electrons. The molecule has 0 bridgehead atoms. The second-order valence-corrected chi connectivity index (χ2v) is 8.77. The molecule has 2 aromatic rings. The highest BCUT2D eigenvalue weighted by Crippen LogP contribution is 2.42. The molecule has 0 aromatic heterocycles. The van der Waals surface area contributed by atoms with Gasteiger partial charge in [0.25, 0.3) is 0 Å². The Kier molecular flexibility index (Phi) is 10.6. The van der Waals surface area contributed by atoms with Crippen LogP contribution in [0.5, 0.6) is 11.5 Å². The second-order valence-electron chi connectivity index (χ2n) is 8.77. The van der Waals surface area contributed by atoms with Crippen molar-refractivity contribution < 1.29 is 28.5 Å². The minimum absolute atomic E-state index is 0.271. The lowest BCUT2D eigenvalue weighted by Gasteiger charge is -2.30. The fraction of sp³-hybridized carbons (Fsp3) is 0.379. The molecule has 0 heterocycles. The molecule has 6 nitrogen and oxygen atoms in total. The largest absolute Gasteiger partial charge is 0.493 e. The van der Waals surface area contributed by atoms with Gasteiger partial charge in [-0.3, -0.25) is 0 Å². The monoisotopic (exact) mass is 480 g/mol. The normalized spacial score (nSPS) is 10.9. The van der Waals surface area contributed by atoms with Crippen molar-refractivity contribution in [1.29, 1.82) is 0 Å². The summed E-state index contributed by atoms with van der Waals surface area (Å²) in [6, 6.07) is 12.4. The lowest BCUT2D eigenvalue weighted by atomic mass is 9.76. The van der Waals surface area contributed by atoms with E-state index in [2.05, 4.69) is 51.3 Å². The summed E-state index contributed by atoms with van der Waals surface area (Å²) in [4.78, 5) is 22.4. The van der Waals surface area contributed by atoms with Gasteiger partial charge in [0.2, 0.25) is 0 Å². The molecule has 0 aliphatic rings. The number of ether oxygens (including phenoxy) is 4. The number of carbonyl (C=O) groups is 2. The van der Waals surface area contributed by atoms with Crippen LogP contribution in [0, 0.1) is 13.8 Å². The lowest BCUT2D eigenvalue weighted by molar-refractivity contribution is -0.138. The van der Waals surface area contributed by atoms with Gasteiger partial charge in [-0.15, -0.1) is 0 Å². The molecule has 0 radical (unpaired) electrons. The summed E-state index contributed by atoms with van der Waals surface area (Å²) in [6.45, 7) is 16.5. The van der Waals surface area contributed by atoms with E-state index >= 15 is 0 Å². The van der Waals surface area contributed by atoms with Crippen LogP contribution < -0.4 is 9.47 Å². The predicted octanol–water partition coefficient (Wildman–Crippen LogP) is 5.63. The van der Waals surface area contributed by atoms with Crippen LogP contribution in [0.3, 0.4) is 0 Å². The van der Waals surface area contributed by atoms with Gasteiger partial charge in [-0.2, -0.15) is 0 Å². The Bertz CT molecular complexity index is 956. The quantitative estimate of drug-likeness (QED) is 0.198. The Hall–Kier alpha value is -3.54. The molecule has 0 saturated heterocycles. The predicted molar refractivity (Wildman–Crippen MR) is 137 cm³/mol. The van der Waals surface area contributed by atoms with E-state index in [1.54, 1.807) is 0 Å². The number of hydrogen-bond donors (Lipinski definition) is 0. The fourth-order valence-corrected chi connectivity index (χ4v) is 3.62. The first-order valence-electron chi connectivity index (χ1n) is 11.7. The van der Waals surface area contributed by atoms with Crippen LogP contribution in [-0.2, 0) is 24.5 Å². The van der Waals surface area contributed by atoms with Crippen LogP contribution in [0.15, 0.2) is 61.7 Å². The number of benzene rings is 2.